The van der Waals surface area contributed by atoms with Gasteiger partial charge in [0, 0.05) is 5.02 Å². The second-order valence-electron chi connectivity index (χ2n) is 4.73. The van der Waals surface area contributed by atoms with Crippen LogP contribution in [0.25, 0.3) is 10.9 Å². The van der Waals surface area contributed by atoms with Gasteiger partial charge in [-0.05, 0) is 30.3 Å². The van der Waals surface area contributed by atoms with Crippen LogP contribution in [0.15, 0.2) is 47.5 Å². The smallest absolute Gasteiger partial charge is 0.457 e. The summed E-state index contributed by atoms with van der Waals surface area (Å²) in [5, 5.41) is 6.39. The predicted molar refractivity (Wildman–Crippen MR) is 80.9 cm³/mol. The molecule has 10 heteroatoms. The van der Waals surface area contributed by atoms with Gasteiger partial charge in [-0.3, -0.25) is 5.10 Å². The molecule has 2 aromatic carbocycles. The van der Waals surface area contributed by atoms with Gasteiger partial charge < -0.3 is 4.74 Å². The number of hydrogen-bond acceptors (Lipinski definition) is 4. The number of sulfone groups is 1. The molecule has 0 unspecified atom stereocenters. The average molecular weight is 377 g/mol. The van der Waals surface area contributed by atoms with Crippen molar-refractivity contribution in [2.45, 2.75) is 10.4 Å². The van der Waals surface area contributed by atoms with E-state index in [4.69, 9.17) is 16.3 Å². The second kappa shape index (κ2) is 5.67. The lowest BCUT2D eigenvalue weighted by Gasteiger charge is -2.11. The van der Waals surface area contributed by atoms with Gasteiger partial charge in [-0.25, -0.2) is 8.42 Å². The maximum Gasteiger partial charge on any atom is 0.501 e. The normalized spacial score (nSPS) is 12.5. The Kier molecular flexibility index (Phi) is 3.92. The third kappa shape index (κ3) is 2.80. The standard InChI is InChI=1S/C14H8ClF3N2O3S/c15-8-2-1-3-9(6-8)23-11-4-5-12(13-10(11)7-19-20-13)24(21,22)14(16,17)18/h1-7H,(H,19,20). The Morgan fingerprint density at radius 1 is 1.17 bits per heavy atom. The lowest BCUT2D eigenvalue weighted by molar-refractivity contribution is -0.0435. The van der Waals surface area contributed by atoms with Crippen molar-refractivity contribution in [2.75, 3.05) is 0 Å². The largest absolute Gasteiger partial charge is 0.501 e. The van der Waals surface area contributed by atoms with Crippen LogP contribution in [0, 0.1) is 0 Å². The number of benzene rings is 2. The zero-order valence-corrected chi connectivity index (χ0v) is 13.2. The van der Waals surface area contributed by atoms with E-state index in [1.807, 2.05) is 0 Å². The second-order valence-corrected chi connectivity index (χ2v) is 7.08. The van der Waals surface area contributed by atoms with Crippen molar-refractivity contribution in [3.8, 4) is 11.5 Å². The molecular formula is C14H8ClF3N2O3S. The minimum absolute atomic E-state index is 0.0975. The Bertz CT molecular complexity index is 1020. The van der Waals surface area contributed by atoms with Crippen LogP contribution in [0.1, 0.15) is 0 Å². The summed E-state index contributed by atoms with van der Waals surface area (Å²) in [5.74, 6) is 0.485. The molecule has 1 N–H and O–H groups in total. The number of halogens is 4. The highest BCUT2D eigenvalue weighted by atomic mass is 35.5. The zero-order valence-electron chi connectivity index (χ0n) is 11.6. The number of aromatic nitrogens is 2. The lowest BCUT2D eigenvalue weighted by Crippen LogP contribution is -2.23. The molecule has 0 atom stereocenters. The number of nitrogens with one attached hydrogen (secondary N) is 1. The Morgan fingerprint density at radius 3 is 2.58 bits per heavy atom. The van der Waals surface area contributed by atoms with E-state index in [1.54, 1.807) is 18.2 Å². The van der Waals surface area contributed by atoms with E-state index in [9.17, 15) is 21.6 Å². The van der Waals surface area contributed by atoms with Crippen LogP contribution in [0.4, 0.5) is 13.2 Å². The molecule has 3 aromatic rings. The Hall–Kier alpha value is -2.26. The maximum atomic E-state index is 12.8. The molecule has 0 aliphatic carbocycles. The first-order chi connectivity index (χ1) is 11.2. The van der Waals surface area contributed by atoms with Gasteiger partial charge in [0.1, 0.15) is 16.4 Å². The minimum atomic E-state index is -5.52. The average Bonchev–Trinajstić information content (AvgIpc) is 2.96. The molecule has 24 heavy (non-hydrogen) atoms. The van der Waals surface area contributed by atoms with Crippen LogP contribution in [0.3, 0.4) is 0 Å². The number of fused-ring (bicyclic) bond motifs is 1. The number of nitrogens with zero attached hydrogens (tertiary/aromatic N) is 1. The Balaban J connectivity index is 2.12. The predicted octanol–water partition coefficient (Wildman–Crippen LogP) is 4.30. The van der Waals surface area contributed by atoms with Crippen molar-refractivity contribution < 1.29 is 26.3 Å². The number of aromatic amines is 1. The summed E-state index contributed by atoms with van der Waals surface area (Å²) in [4.78, 5) is -0.916. The van der Waals surface area contributed by atoms with Crippen molar-refractivity contribution >= 4 is 32.3 Å². The molecule has 0 aliphatic rings. The molecule has 126 valence electrons. The van der Waals surface area contributed by atoms with Gasteiger partial charge in [-0.1, -0.05) is 17.7 Å². The van der Waals surface area contributed by atoms with E-state index >= 15 is 0 Å². The van der Waals surface area contributed by atoms with E-state index in [0.717, 1.165) is 12.1 Å². The van der Waals surface area contributed by atoms with Gasteiger partial charge in [-0.2, -0.15) is 18.3 Å². The molecule has 1 heterocycles. The fourth-order valence-electron chi connectivity index (χ4n) is 2.08. The lowest BCUT2D eigenvalue weighted by atomic mass is 10.2. The van der Waals surface area contributed by atoms with Crippen LogP contribution >= 0.6 is 11.6 Å². The monoisotopic (exact) mass is 376 g/mol. The van der Waals surface area contributed by atoms with Crippen molar-refractivity contribution in [1.82, 2.24) is 10.2 Å². The molecule has 0 saturated heterocycles. The van der Waals surface area contributed by atoms with Crippen molar-refractivity contribution in [3.63, 3.8) is 0 Å². The Morgan fingerprint density at radius 2 is 1.92 bits per heavy atom. The molecule has 1 aromatic heterocycles. The number of rotatable bonds is 3. The molecular weight excluding hydrogens is 369 g/mol. The highest BCUT2D eigenvalue weighted by Crippen LogP contribution is 2.38. The summed E-state index contributed by atoms with van der Waals surface area (Å²) in [6, 6.07) is 8.32. The highest BCUT2D eigenvalue weighted by Gasteiger charge is 2.48. The van der Waals surface area contributed by atoms with Gasteiger partial charge in [0.15, 0.2) is 0 Å². The molecule has 0 spiro atoms. The van der Waals surface area contributed by atoms with Gasteiger partial charge in [0.05, 0.1) is 17.1 Å². The molecule has 0 bridgehead atoms. The first-order valence-electron chi connectivity index (χ1n) is 6.41. The molecule has 0 fully saturated rings. The number of ether oxygens (including phenoxy) is 1. The highest BCUT2D eigenvalue weighted by molar-refractivity contribution is 7.92. The van der Waals surface area contributed by atoms with E-state index in [2.05, 4.69) is 10.2 Å². The van der Waals surface area contributed by atoms with Gasteiger partial charge >= 0.3 is 5.51 Å². The topological polar surface area (TPSA) is 72.1 Å². The molecule has 5 nitrogen and oxygen atoms in total. The van der Waals surface area contributed by atoms with Crippen LogP contribution in [0.5, 0.6) is 11.5 Å². The minimum Gasteiger partial charge on any atom is -0.457 e. The molecule has 0 saturated carbocycles. The number of hydrogen-bond donors (Lipinski definition) is 1. The first kappa shape index (κ1) is 16.6. The van der Waals surface area contributed by atoms with E-state index in [0.29, 0.717) is 10.8 Å². The van der Waals surface area contributed by atoms with E-state index < -0.39 is 20.2 Å². The molecule has 0 amide bonds. The van der Waals surface area contributed by atoms with E-state index in [-0.39, 0.29) is 16.7 Å². The maximum absolute atomic E-state index is 12.8. The van der Waals surface area contributed by atoms with Crippen molar-refractivity contribution in [1.29, 1.82) is 0 Å². The van der Waals surface area contributed by atoms with Crippen molar-refractivity contribution in [2.24, 2.45) is 0 Å². The molecule has 0 radical (unpaired) electrons. The Labute approximate surface area is 138 Å². The fraction of sp³-hybridized carbons (Fsp3) is 0.0714. The summed E-state index contributed by atoms with van der Waals surface area (Å²) in [6.07, 6.45) is 1.19. The zero-order chi connectivity index (χ0) is 17.5. The van der Waals surface area contributed by atoms with Gasteiger partial charge in [0.25, 0.3) is 9.84 Å². The van der Waals surface area contributed by atoms with Gasteiger partial charge in [-0.15, -0.1) is 0 Å². The summed E-state index contributed by atoms with van der Waals surface area (Å²) in [6.45, 7) is 0. The quantitative estimate of drug-likeness (QED) is 0.739. The van der Waals surface area contributed by atoms with E-state index in [1.165, 1.54) is 12.3 Å². The van der Waals surface area contributed by atoms with Crippen LogP contribution in [0.2, 0.25) is 5.02 Å². The summed E-state index contributed by atoms with van der Waals surface area (Å²) in [7, 11) is -5.52. The fourth-order valence-corrected chi connectivity index (χ4v) is 3.18. The third-order valence-corrected chi connectivity index (χ3v) is 4.92. The van der Waals surface area contributed by atoms with Crippen LogP contribution in [-0.2, 0) is 9.84 Å². The van der Waals surface area contributed by atoms with Crippen LogP contribution < -0.4 is 4.74 Å². The number of H-pyrrole nitrogens is 1. The third-order valence-electron chi connectivity index (χ3n) is 3.16. The van der Waals surface area contributed by atoms with Crippen molar-refractivity contribution in [3.05, 3.63) is 47.6 Å². The number of alkyl halides is 3. The molecule has 0 aliphatic heterocycles. The summed E-state index contributed by atoms with van der Waals surface area (Å²) in [5.41, 5.74) is -5.70. The van der Waals surface area contributed by atoms with Gasteiger partial charge in [0.2, 0.25) is 0 Å². The summed E-state index contributed by atoms with van der Waals surface area (Å²) < 4.78 is 67.2. The SMILES string of the molecule is O=S(=O)(c1ccc(Oc2cccc(Cl)c2)c2cn[nH]c12)C(F)(F)F. The first-order valence-corrected chi connectivity index (χ1v) is 8.27. The molecule has 3 rings (SSSR count). The van der Waals surface area contributed by atoms with Crippen LogP contribution in [-0.4, -0.2) is 24.1 Å². The summed E-state index contributed by atoms with van der Waals surface area (Å²) >= 11 is 5.84.